The first-order valence-electron chi connectivity index (χ1n) is 10.0. The highest BCUT2D eigenvalue weighted by Crippen LogP contribution is 2.29. The van der Waals surface area contributed by atoms with Crippen LogP contribution in [0, 0.1) is 0 Å². The molecule has 1 aliphatic heterocycles. The van der Waals surface area contributed by atoms with Crippen molar-refractivity contribution in [1.29, 1.82) is 0 Å². The minimum Gasteiger partial charge on any atom is -0.508 e. The topological polar surface area (TPSA) is 61.7 Å². The van der Waals surface area contributed by atoms with Gasteiger partial charge in [-0.15, -0.1) is 0 Å². The number of hydrogen-bond donors (Lipinski definition) is 2. The second-order valence-corrected chi connectivity index (χ2v) is 8.04. The molecule has 4 aromatic rings. The Bertz CT molecular complexity index is 1330. The molecule has 0 fully saturated rings. The third kappa shape index (κ3) is 3.90. The number of carbonyl (C=O) groups excluding carboxylic acids is 1. The van der Waals surface area contributed by atoms with Crippen molar-refractivity contribution in [1.82, 2.24) is 0 Å². The second-order valence-electron chi connectivity index (χ2n) is 7.61. The Labute approximate surface area is 184 Å². The molecule has 0 aliphatic carbocycles. The van der Waals surface area contributed by atoms with Crippen LogP contribution >= 0.6 is 11.6 Å². The van der Waals surface area contributed by atoms with Gasteiger partial charge in [0.25, 0.3) is 0 Å². The van der Waals surface area contributed by atoms with Crippen LogP contribution in [0.3, 0.4) is 0 Å². The largest absolute Gasteiger partial charge is 0.508 e. The van der Waals surface area contributed by atoms with Crippen LogP contribution in [0.15, 0.2) is 89.9 Å². The molecule has 0 saturated heterocycles. The third-order valence-electron chi connectivity index (χ3n) is 5.47. The number of fused-ring (bicyclic) bond motifs is 2. The number of anilines is 1. The maximum absolute atomic E-state index is 13.1. The molecule has 0 aromatic heterocycles. The number of phenols is 1. The van der Waals surface area contributed by atoms with Gasteiger partial charge in [0, 0.05) is 22.6 Å². The van der Waals surface area contributed by atoms with Crippen LogP contribution in [-0.2, 0) is 11.2 Å². The predicted molar refractivity (Wildman–Crippen MR) is 125 cm³/mol. The Morgan fingerprint density at radius 3 is 2.48 bits per heavy atom. The zero-order valence-corrected chi connectivity index (χ0v) is 17.3. The lowest BCUT2D eigenvalue weighted by atomic mass is 9.99. The first-order chi connectivity index (χ1) is 15.1. The highest BCUT2D eigenvalue weighted by molar-refractivity contribution is 6.32. The monoisotopic (exact) mass is 426 g/mol. The van der Waals surface area contributed by atoms with E-state index < -0.39 is 6.04 Å². The third-order valence-corrected chi connectivity index (χ3v) is 5.70. The van der Waals surface area contributed by atoms with Crippen LogP contribution < -0.4 is 5.32 Å². The van der Waals surface area contributed by atoms with E-state index in [2.05, 4.69) is 29.6 Å². The first-order valence-corrected chi connectivity index (χ1v) is 10.4. The summed E-state index contributed by atoms with van der Waals surface area (Å²) in [5.74, 6) is 0.0108. The standard InChI is InChI=1S/C26H19ClN2O2/c27-20-9-12-23-22(15-20)25(18-7-10-21(30)11-8-18)28-24(26(31)29-23)14-16-5-6-17-3-1-2-4-19(17)13-16/h1-13,15,24,30H,14H2,(H,29,31). The van der Waals surface area contributed by atoms with Gasteiger partial charge in [-0.1, -0.05) is 54.1 Å². The lowest BCUT2D eigenvalue weighted by Crippen LogP contribution is -2.27. The molecule has 5 rings (SSSR count). The number of amides is 1. The quantitative estimate of drug-likeness (QED) is 0.448. The molecule has 0 spiro atoms. The molecular formula is C26H19ClN2O2. The lowest BCUT2D eigenvalue weighted by molar-refractivity contribution is -0.117. The summed E-state index contributed by atoms with van der Waals surface area (Å²) in [5.41, 5.74) is 3.94. The van der Waals surface area contributed by atoms with E-state index in [1.165, 1.54) is 0 Å². The van der Waals surface area contributed by atoms with Crippen LogP contribution in [0.4, 0.5) is 5.69 Å². The van der Waals surface area contributed by atoms with Crippen molar-refractivity contribution in [2.75, 3.05) is 5.32 Å². The van der Waals surface area contributed by atoms with Gasteiger partial charge in [-0.05, 0) is 58.8 Å². The number of nitrogens with zero attached hydrogens (tertiary/aromatic N) is 1. The molecule has 2 N–H and O–H groups in total. The number of aliphatic imine (C=N–C) groups is 1. The van der Waals surface area contributed by atoms with Gasteiger partial charge >= 0.3 is 0 Å². The summed E-state index contributed by atoms with van der Waals surface area (Å²) in [6.45, 7) is 0. The van der Waals surface area contributed by atoms with Gasteiger partial charge in [-0.25, -0.2) is 0 Å². The fourth-order valence-electron chi connectivity index (χ4n) is 3.90. The fraction of sp³-hybridized carbons (Fsp3) is 0.0769. The van der Waals surface area contributed by atoms with Crippen LogP contribution in [0.25, 0.3) is 10.8 Å². The highest BCUT2D eigenvalue weighted by atomic mass is 35.5. The summed E-state index contributed by atoms with van der Waals surface area (Å²) >= 11 is 6.26. The minimum atomic E-state index is -0.601. The van der Waals surface area contributed by atoms with E-state index in [0.717, 1.165) is 27.5 Å². The highest BCUT2D eigenvalue weighted by Gasteiger charge is 2.26. The molecule has 0 saturated carbocycles. The Balaban J connectivity index is 1.59. The Morgan fingerprint density at radius 2 is 1.68 bits per heavy atom. The SMILES string of the molecule is O=C1Nc2ccc(Cl)cc2C(c2ccc(O)cc2)=NC1Cc1ccc2ccccc2c1. The number of halogens is 1. The van der Waals surface area contributed by atoms with Crippen molar-refractivity contribution >= 4 is 39.7 Å². The van der Waals surface area contributed by atoms with E-state index in [4.69, 9.17) is 16.6 Å². The van der Waals surface area contributed by atoms with Crippen molar-refractivity contribution < 1.29 is 9.90 Å². The van der Waals surface area contributed by atoms with Crippen LogP contribution in [0.5, 0.6) is 5.75 Å². The number of benzene rings is 4. The zero-order valence-electron chi connectivity index (χ0n) is 16.5. The van der Waals surface area contributed by atoms with Gasteiger partial charge in [0.2, 0.25) is 5.91 Å². The average molecular weight is 427 g/mol. The van der Waals surface area contributed by atoms with E-state index in [1.807, 2.05) is 18.2 Å². The summed E-state index contributed by atoms with van der Waals surface area (Å²) in [7, 11) is 0. The number of phenolic OH excluding ortho intramolecular Hbond substituents is 1. The lowest BCUT2D eigenvalue weighted by Gasteiger charge is -2.12. The Hall–Kier alpha value is -3.63. The fourth-order valence-corrected chi connectivity index (χ4v) is 4.07. The summed E-state index contributed by atoms with van der Waals surface area (Å²) in [5, 5.41) is 15.6. The number of nitrogens with one attached hydrogen (secondary N) is 1. The molecule has 152 valence electrons. The van der Waals surface area contributed by atoms with E-state index >= 15 is 0 Å². The van der Waals surface area contributed by atoms with E-state index in [0.29, 0.717) is 22.8 Å². The van der Waals surface area contributed by atoms with Gasteiger partial charge < -0.3 is 10.4 Å². The van der Waals surface area contributed by atoms with E-state index in [-0.39, 0.29) is 11.7 Å². The molecule has 1 heterocycles. The normalized spacial score (nSPS) is 15.7. The molecule has 1 unspecified atom stereocenters. The van der Waals surface area contributed by atoms with Gasteiger partial charge in [-0.3, -0.25) is 9.79 Å². The van der Waals surface area contributed by atoms with Crippen LogP contribution in [-0.4, -0.2) is 22.8 Å². The van der Waals surface area contributed by atoms with Crippen LogP contribution in [0.1, 0.15) is 16.7 Å². The zero-order chi connectivity index (χ0) is 21.4. The average Bonchev–Trinajstić information content (AvgIpc) is 2.91. The smallest absolute Gasteiger partial charge is 0.249 e. The Morgan fingerprint density at radius 1 is 0.903 bits per heavy atom. The van der Waals surface area contributed by atoms with Crippen molar-refractivity contribution in [2.24, 2.45) is 4.99 Å². The molecule has 1 atom stereocenters. The Kier molecular flexibility index (Phi) is 4.92. The van der Waals surface area contributed by atoms with Gasteiger partial charge in [0.15, 0.2) is 0 Å². The number of aromatic hydroxyl groups is 1. The number of hydrogen-bond acceptors (Lipinski definition) is 3. The van der Waals surface area contributed by atoms with Crippen molar-refractivity contribution in [3.63, 3.8) is 0 Å². The van der Waals surface area contributed by atoms with Gasteiger partial charge in [-0.2, -0.15) is 0 Å². The summed E-state index contributed by atoms with van der Waals surface area (Å²) in [6.07, 6.45) is 0.472. The molecule has 0 radical (unpaired) electrons. The number of carbonyl (C=O) groups is 1. The summed E-state index contributed by atoms with van der Waals surface area (Å²) in [4.78, 5) is 17.9. The van der Waals surface area contributed by atoms with Crippen molar-refractivity contribution in [2.45, 2.75) is 12.5 Å². The number of benzodiazepines with no additional fused rings is 1. The van der Waals surface area contributed by atoms with Gasteiger partial charge in [0.1, 0.15) is 11.8 Å². The van der Waals surface area contributed by atoms with Crippen molar-refractivity contribution in [3.05, 3.63) is 107 Å². The van der Waals surface area contributed by atoms with Crippen molar-refractivity contribution in [3.8, 4) is 5.75 Å². The number of rotatable bonds is 3. The second kappa shape index (κ2) is 7.89. The molecule has 4 nitrogen and oxygen atoms in total. The molecule has 4 aromatic carbocycles. The molecule has 1 amide bonds. The van der Waals surface area contributed by atoms with E-state index in [1.54, 1.807) is 42.5 Å². The molecule has 5 heteroatoms. The molecule has 0 bridgehead atoms. The first kappa shape index (κ1) is 19.3. The predicted octanol–water partition coefficient (Wildman–Crippen LogP) is 5.60. The molecule has 31 heavy (non-hydrogen) atoms. The maximum Gasteiger partial charge on any atom is 0.249 e. The van der Waals surface area contributed by atoms with E-state index in [9.17, 15) is 9.90 Å². The summed E-state index contributed by atoms with van der Waals surface area (Å²) in [6, 6.07) is 25.9. The maximum atomic E-state index is 13.1. The molecule has 1 aliphatic rings. The van der Waals surface area contributed by atoms with Gasteiger partial charge in [0.05, 0.1) is 11.4 Å². The molecular weight excluding hydrogens is 408 g/mol. The van der Waals surface area contributed by atoms with Crippen LogP contribution in [0.2, 0.25) is 5.02 Å². The minimum absolute atomic E-state index is 0.162. The summed E-state index contributed by atoms with van der Waals surface area (Å²) < 4.78 is 0.